The van der Waals surface area contributed by atoms with E-state index in [0.717, 1.165) is 16.5 Å². The number of benzene rings is 3. The summed E-state index contributed by atoms with van der Waals surface area (Å²) in [6.07, 6.45) is 0. The Labute approximate surface area is 191 Å². The first-order valence-corrected chi connectivity index (χ1v) is 10.8. The quantitative estimate of drug-likeness (QED) is 0.234. The maximum Gasteiger partial charge on any atom is 0.338 e. The highest BCUT2D eigenvalue weighted by Gasteiger charge is 2.22. The van der Waals surface area contributed by atoms with Crippen molar-refractivity contribution in [2.45, 2.75) is 6.92 Å². The molecule has 2 N–H and O–H groups in total. The molecule has 2 aromatic rings. The molecule has 2 aliphatic rings. The van der Waals surface area contributed by atoms with E-state index in [1.54, 1.807) is 31.2 Å². The van der Waals surface area contributed by atoms with E-state index < -0.39 is 5.97 Å². The molecule has 0 unspecified atom stereocenters. The topological polar surface area (TPSA) is 101 Å². The van der Waals surface area contributed by atoms with E-state index in [4.69, 9.17) is 24.4 Å². The molecule has 0 saturated carbocycles. The van der Waals surface area contributed by atoms with E-state index in [1.807, 2.05) is 24.3 Å². The summed E-state index contributed by atoms with van der Waals surface area (Å²) in [5.41, 5.74) is 8.43. The third-order valence-corrected chi connectivity index (χ3v) is 5.12. The van der Waals surface area contributed by atoms with Crippen molar-refractivity contribution >= 4 is 16.9 Å². The molecule has 4 rings (SSSR count). The van der Waals surface area contributed by atoms with Crippen LogP contribution in [0.1, 0.15) is 17.3 Å². The van der Waals surface area contributed by atoms with Gasteiger partial charge >= 0.3 is 5.97 Å². The molecule has 0 fully saturated rings. The summed E-state index contributed by atoms with van der Waals surface area (Å²) in [6.45, 7) is 3.76. The molecular formula is C26H25NO6. The standard InChI is InChI=1S/C26H25NO6/c1-2-31-26(29)20-6-4-3-5-19(20)25-21-9-7-17(28)15-23(21)33-24-16-18(8-10-22(24)25)32-14-13-30-12-11-27/h3-10,15-16H,2,11-14,27H2,1H3. The molecule has 1 aliphatic carbocycles. The van der Waals surface area contributed by atoms with Crippen LogP contribution in [0.15, 0.2) is 69.9 Å². The lowest BCUT2D eigenvalue weighted by atomic mass is 9.91. The molecule has 7 nitrogen and oxygen atoms in total. The number of ether oxygens (including phenoxy) is 3. The SMILES string of the molecule is CCOC(=O)c1ccccc1-c1c2ccc(=O)cc-2oc2cc(OCCOCCN)ccc12. The number of esters is 1. The number of hydrogen-bond acceptors (Lipinski definition) is 7. The van der Waals surface area contributed by atoms with Crippen LogP contribution in [0.4, 0.5) is 0 Å². The van der Waals surface area contributed by atoms with E-state index >= 15 is 0 Å². The molecule has 1 aliphatic heterocycles. The predicted octanol–water partition coefficient (Wildman–Crippen LogP) is 4.10. The van der Waals surface area contributed by atoms with Gasteiger partial charge in [0.1, 0.15) is 23.7 Å². The van der Waals surface area contributed by atoms with E-state index in [-0.39, 0.29) is 12.0 Å². The third kappa shape index (κ3) is 4.89. The molecule has 1 heterocycles. The lowest BCUT2D eigenvalue weighted by molar-refractivity contribution is 0.0527. The molecule has 0 saturated heterocycles. The molecule has 0 atom stereocenters. The van der Waals surface area contributed by atoms with Crippen LogP contribution in [0, 0.1) is 0 Å². The zero-order valence-electron chi connectivity index (χ0n) is 18.3. The van der Waals surface area contributed by atoms with Gasteiger partial charge in [-0.05, 0) is 42.8 Å². The lowest BCUT2D eigenvalue weighted by Crippen LogP contribution is -2.13. The number of nitrogens with two attached hydrogens (primary N) is 1. The van der Waals surface area contributed by atoms with Gasteiger partial charge in [-0.3, -0.25) is 4.79 Å². The third-order valence-electron chi connectivity index (χ3n) is 5.12. The first-order chi connectivity index (χ1) is 16.1. The molecule has 0 aromatic heterocycles. The number of carbonyl (C=O) groups is 1. The van der Waals surface area contributed by atoms with Gasteiger partial charge in [-0.1, -0.05) is 18.2 Å². The Kier molecular flexibility index (Phi) is 7.02. The van der Waals surface area contributed by atoms with Crippen LogP contribution in [0.3, 0.4) is 0 Å². The largest absolute Gasteiger partial charge is 0.491 e. The van der Waals surface area contributed by atoms with Crippen LogP contribution >= 0.6 is 0 Å². The number of fused-ring (bicyclic) bond motifs is 2. The fourth-order valence-electron chi connectivity index (χ4n) is 3.72. The number of carbonyl (C=O) groups excluding carboxylic acids is 1. The summed E-state index contributed by atoms with van der Waals surface area (Å²) in [5, 5.41) is 0.782. The van der Waals surface area contributed by atoms with Crippen LogP contribution in [-0.2, 0) is 9.47 Å². The summed E-state index contributed by atoms with van der Waals surface area (Å²) in [7, 11) is 0. The van der Waals surface area contributed by atoms with Gasteiger partial charge in [0.15, 0.2) is 5.43 Å². The monoisotopic (exact) mass is 447 g/mol. The Hall–Kier alpha value is -3.68. The Morgan fingerprint density at radius 3 is 2.64 bits per heavy atom. The van der Waals surface area contributed by atoms with E-state index in [0.29, 0.717) is 54.6 Å². The molecule has 33 heavy (non-hydrogen) atoms. The van der Waals surface area contributed by atoms with Gasteiger partial charge < -0.3 is 24.4 Å². The minimum atomic E-state index is -0.409. The Morgan fingerprint density at radius 2 is 1.82 bits per heavy atom. The van der Waals surface area contributed by atoms with Gasteiger partial charge in [-0.25, -0.2) is 4.79 Å². The van der Waals surface area contributed by atoms with Crippen molar-refractivity contribution in [3.05, 3.63) is 76.5 Å². The highest BCUT2D eigenvalue weighted by atomic mass is 16.5. The van der Waals surface area contributed by atoms with Crippen LogP contribution in [-0.4, -0.2) is 38.9 Å². The average molecular weight is 447 g/mol. The van der Waals surface area contributed by atoms with Gasteiger partial charge in [-0.15, -0.1) is 0 Å². The summed E-state index contributed by atoms with van der Waals surface area (Å²) >= 11 is 0. The summed E-state index contributed by atoms with van der Waals surface area (Å²) in [4.78, 5) is 24.7. The predicted molar refractivity (Wildman–Crippen MR) is 126 cm³/mol. The minimum absolute atomic E-state index is 0.167. The van der Waals surface area contributed by atoms with Crippen LogP contribution in [0.2, 0.25) is 0 Å². The average Bonchev–Trinajstić information content (AvgIpc) is 2.82. The van der Waals surface area contributed by atoms with Gasteiger partial charge in [0.05, 0.1) is 25.4 Å². The van der Waals surface area contributed by atoms with Crippen LogP contribution in [0.5, 0.6) is 5.75 Å². The fourth-order valence-corrected chi connectivity index (χ4v) is 3.72. The smallest absolute Gasteiger partial charge is 0.338 e. The Bertz CT molecular complexity index is 1300. The van der Waals surface area contributed by atoms with Crippen LogP contribution in [0.25, 0.3) is 33.4 Å². The van der Waals surface area contributed by atoms with Crippen molar-refractivity contribution in [2.24, 2.45) is 5.73 Å². The van der Waals surface area contributed by atoms with Gasteiger partial charge in [-0.2, -0.15) is 0 Å². The maximum absolute atomic E-state index is 12.7. The molecule has 0 radical (unpaired) electrons. The van der Waals surface area contributed by atoms with Crippen molar-refractivity contribution in [1.82, 2.24) is 0 Å². The van der Waals surface area contributed by atoms with Crippen molar-refractivity contribution < 1.29 is 23.4 Å². The molecule has 170 valence electrons. The second kappa shape index (κ2) is 10.3. The van der Waals surface area contributed by atoms with E-state index in [9.17, 15) is 9.59 Å². The highest BCUT2D eigenvalue weighted by molar-refractivity contribution is 6.07. The zero-order chi connectivity index (χ0) is 23.2. The molecule has 2 aromatic carbocycles. The summed E-state index contributed by atoms with van der Waals surface area (Å²) < 4.78 is 22.5. The van der Waals surface area contributed by atoms with E-state index in [1.165, 1.54) is 12.1 Å². The molecule has 0 amide bonds. The lowest BCUT2D eigenvalue weighted by Gasteiger charge is -2.17. The second-order valence-electron chi connectivity index (χ2n) is 7.31. The molecule has 0 spiro atoms. The normalized spacial score (nSPS) is 11.1. The number of rotatable bonds is 9. The van der Waals surface area contributed by atoms with Crippen molar-refractivity contribution in [3.8, 4) is 28.2 Å². The minimum Gasteiger partial charge on any atom is -0.491 e. The summed E-state index contributed by atoms with van der Waals surface area (Å²) in [6, 6.07) is 17.4. The van der Waals surface area contributed by atoms with Crippen molar-refractivity contribution in [3.63, 3.8) is 0 Å². The van der Waals surface area contributed by atoms with Crippen molar-refractivity contribution in [2.75, 3.05) is 33.0 Å². The van der Waals surface area contributed by atoms with Gasteiger partial charge in [0.2, 0.25) is 0 Å². The summed E-state index contributed by atoms with van der Waals surface area (Å²) in [5.74, 6) is 0.616. The fraction of sp³-hybridized carbons (Fsp3) is 0.231. The Balaban J connectivity index is 1.85. The van der Waals surface area contributed by atoms with Crippen LogP contribution < -0.4 is 15.9 Å². The molecule has 7 heteroatoms. The molecular weight excluding hydrogens is 422 g/mol. The Morgan fingerprint density at radius 1 is 0.970 bits per heavy atom. The van der Waals surface area contributed by atoms with E-state index in [2.05, 4.69) is 0 Å². The van der Waals surface area contributed by atoms with Gasteiger partial charge in [0, 0.05) is 35.2 Å². The second-order valence-corrected chi connectivity index (χ2v) is 7.31. The first kappa shape index (κ1) is 22.5. The molecule has 0 bridgehead atoms. The first-order valence-electron chi connectivity index (χ1n) is 10.8. The highest BCUT2D eigenvalue weighted by Crippen LogP contribution is 2.42. The van der Waals surface area contributed by atoms with Gasteiger partial charge in [0.25, 0.3) is 0 Å². The zero-order valence-corrected chi connectivity index (χ0v) is 18.3. The number of hydrogen-bond donors (Lipinski definition) is 1. The van der Waals surface area contributed by atoms with Crippen molar-refractivity contribution in [1.29, 1.82) is 0 Å². The maximum atomic E-state index is 12.7.